The first kappa shape index (κ1) is 21.9. The fraction of sp³-hybridized carbons (Fsp3) is 0.435. The Morgan fingerprint density at radius 3 is 2.61 bits per heavy atom. The molecule has 0 bridgehead atoms. The number of carbonyl (C=O) groups is 1. The highest BCUT2D eigenvalue weighted by molar-refractivity contribution is 6.31. The van der Waals surface area contributed by atoms with Crippen LogP contribution >= 0.6 is 11.6 Å². The maximum atomic E-state index is 12.3. The number of ether oxygens (including phenoxy) is 2. The molecule has 3 unspecified atom stereocenters. The number of aliphatic hydroxyl groups is 1. The lowest BCUT2D eigenvalue weighted by Gasteiger charge is -2.40. The van der Waals surface area contributed by atoms with Gasteiger partial charge in [0, 0.05) is 37.7 Å². The molecular weight excluding hydrogens is 418 g/mol. The molecular formula is C23H28ClN3O4. The number of hydrogen-bond donors (Lipinski definition) is 2. The van der Waals surface area contributed by atoms with Gasteiger partial charge in [0.25, 0.3) is 0 Å². The molecule has 8 heteroatoms. The zero-order valence-electron chi connectivity index (χ0n) is 17.5. The van der Waals surface area contributed by atoms with Gasteiger partial charge in [0.1, 0.15) is 18.8 Å². The molecule has 1 saturated heterocycles. The number of hydrogen-bond acceptors (Lipinski definition) is 6. The van der Waals surface area contributed by atoms with E-state index in [1.807, 2.05) is 43.3 Å². The fourth-order valence-electron chi connectivity index (χ4n) is 4.21. The highest BCUT2D eigenvalue weighted by Crippen LogP contribution is 2.32. The molecule has 2 aromatic rings. The number of carbonyl (C=O) groups excluding carboxylic acids is 1. The highest BCUT2D eigenvalue weighted by Gasteiger charge is 2.33. The number of fused-ring (bicyclic) bond motifs is 1. The summed E-state index contributed by atoms with van der Waals surface area (Å²) in [4.78, 5) is 16.5. The van der Waals surface area contributed by atoms with E-state index >= 15 is 0 Å². The maximum Gasteiger partial charge on any atom is 0.239 e. The van der Waals surface area contributed by atoms with Crippen LogP contribution in [0.5, 0.6) is 11.5 Å². The Kier molecular flexibility index (Phi) is 6.67. The van der Waals surface area contributed by atoms with Gasteiger partial charge >= 0.3 is 0 Å². The minimum Gasteiger partial charge on any atom is -0.486 e. The zero-order valence-corrected chi connectivity index (χ0v) is 18.3. The molecule has 3 atom stereocenters. The summed E-state index contributed by atoms with van der Waals surface area (Å²) in [5, 5.41) is 11.3. The second-order valence-corrected chi connectivity index (χ2v) is 8.56. The number of para-hydroxylation sites is 2. The van der Waals surface area contributed by atoms with Crippen LogP contribution in [0.2, 0.25) is 5.02 Å². The van der Waals surface area contributed by atoms with Gasteiger partial charge < -0.3 is 20.3 Å². The average Bonchev–Trinajstić information content (AvgIpc) is 2.77. The van der Waals surface area contributed by atoms with Crippen molar-refractivity contribution in [2.24, 2.45) is 5.73 Å². The van der Waals surface area contributed by atoms with E-state index < -0.39 is 24.2 Å². The monoisotopic (exact) mass is 445 g/mol. The van der Waals surface area contributed by atoms with Crippen molar-refractivity contribution >= 4 is 17.5 Å². The van der Waals surface area contributed by atoms with Crippen LogP contribution in [0.4, 0.5) is 0 Å². The Morgan fingerprint density at radius 1 is 1.19 bits per heavy atom. The van der Waals surface area contributed by atoms with E-state index in [0.717, 1.165) is 11.1 Å². The molecule has 0 radical (unpaired) electrons. The lowest BCUT2D eigenvalue weighted by Crippen LogP contribution is -2.54. The maximum absolute atomic E-state index is 12.3. The quantitative estimate of drug-likeness (QED) is 0.707. The molecule has 0 saturated carbocycles. The molecule has 7 nitrogen and oxygen atoms in total. The Hall–Kier alpha value is -2.32. The van der Waals surface area contributed by atoms with Crippen LogP contribution in [0, 0.1) is 6.92 Å². The third kappa shape index (κ3) is 4.96. The van der Waals surface area contributed by atoms with Gasteiger partial charge in [-0.3, -0.25) is 14.6 Å². The van der Waals surface area contributed by atoms with E-state index in [9.17, 15) is 9.90 Å². The lowest BCUT2D eigenvalue weighted by molar-refractivity contribution is -0.124. The van der Waals surface area contributed by atoms with E-state index in [1.54, 1.807) is 6.07 Å². The smallest absolute Gasteiger partial charge is 0.239 e. The summed E-state index contributed by atoms with van der Waals surface area (Å²) < 4.78 is 11.6. The van der Waals surface area contributed by atoms with E-state index in [2.05, 4.69) is 9.80 Å². The predicted octanol–water partition coefficient (Wildman–Crippen LogP) is 1.99. The second-order valence-electron chi connectivity index (χ2n) is 8.15. The first-order valence-electron chi connectivity index (χ1n) is 10.5. The molecule has 1 fully saturated rings. The number of rotatable bonds is 6. The molecule has 0 aliphatic carbocycles. The number of nitrogens with two attached hydrogens (primary N) is 1. The number of benzene rings is 2. The van der Waals surface area contributed by atoms with Crippen molar-refractivity contribution in [1.29, 1.82) is 0 Å². The van der Waals surface area contributed by atoms with Crippen molar-refractivity contribution in [1.82, 2.24) is 9.80 Å². The normalized spacial score (nSPS) is 21.5. The summed E-state index contributed by atoms with van der Waals surface area (Å²) in [5.41, 5.74) is 7.52. The number of amides is 1. The van der Waals surface area contributed by atoms with Gasteiger partial charge in [0.15, 0.2) is 17.6 Å². The molecule has 1 amide bonds. The minimum atomic E-state index is -0.682. The van der Waals surface area contributed by atoms with Crippen molar-refractivity contribution in [2.75, 3.05) is 39.3 Å². The van der Waals surface area contributed by atoms with Crippen LogP contribution in [0.25, 0.3) is 0 Å². The number of halogens is 1. The van der Waals surface area contributed by atoms with Gasteiger partial charge in [-0.1, -0.05) is 41.4 Å². The average molecular weight is 446 g/mol. The largest absolute Gasteiger partial charge is 0.486 e. The molecule has 2 heterocycles. The first-order chi connectivity index (χ1) is 14.9. The summed E-state index contributed by atoms with van der Waals surface area (Å²) in [6, 6.07) is 12.5. The Balaban J connectivity index is 1.35. The number of β-amino-alcohol motifs (C(OH)–C–C–N with tert-alkyl or cyclic N) is 1. The van der Waals surface area contributed by atoms with Crippen molar-refractivity contribution in [2.45, 2.75) is 25.2 Å². The second kappa shape index (κ2) is 9.44. The van der Waals surface area contributed by atoms with Gasteiger partial charge in [0.05, 0.1) is 0 Å². The Labute approximate surface area is 187 Å². The molecule has 2 aromatic carbocycles. The van der Waals surface area contributed by atoms with E-state index in [4.69, 9.17) is 26.8 Å². The fourth-order valence-corrected chi connectivity index (χ4v) is 4.44. The van der Waals surface area contributed by atoms with E-state index in [1.165, 1.54) is 0 Å². The summed E-state index contributed by atoms with van der Waals surface area (Å²) in [6.07, 6.45) is -1.10. The summed E-state index contributed by atoms with van der Waals surface area (Å²) in [5.74, 6) is 0.946. The van der Waals surface area contributed by atoms with Gasteiger partial charge in [-0.25, -0.2) is 0 Å². The van der Waals surface area contributed by atoms with Crippen molar-refractivity contribution < 1.29 is 19.4 Å². The van der Waals surface area contributed by atoms with Crippen LogP contribution in [0.1, 0.15) is 17.2 Å². The van der Waals surface area contributed by atoms with Gasteiger partial charge in [-0.05, 0) is 30.7 Å². The topological polar surface area (TPSA) is 88.3 Å². The standard InChI is InChI=1S/C23H28ClN3O4/c1-15-6-7-17(24)16(12-15)22(23(25)29)27-10-8-26(9-11-27)13-18(28)21-14-30-19-4-2-3-5-20(19)31-21/h2-7,12,18,21-22,28H,8-11,13-14H2,1H3,(H2,25,29). The predicted molar refractivity (Wildman–Crippen MR) is 118 cm³/mol. The van der Waals surface area contributed by atoms with Crippen LogP contribution in [-0.2, 0) is 4.79 Å². The molecule has 2 aliphatic rings. The first-order valence-corrected chi connectivity index (χ1v) is 10.9. The van der Waals surface area contributed by atoms with Crippen molar-refractivity contribution in [3.05, 3.63) is 58.6 Å². The van der Waals surface area contributed by atoms with Crippen molar-refractivity contribution in [3.63, 3.8) is 0 Å². The van der Waals surface area contributed by atoms with E-state index in [0.29, 0.717) is 55.9 Å². The summed E-state index contributed by atoms with van der Waals surface area (Å²) in [6.45, 7) is 5.45. The van der Waals surface area contributed by atoms with Gasteiger partial charge in [0.2, 0.25) is 5.91 Å². The van der Waals surface area contributed by atoms with Crippen molar-refractivity contribution in [3.8, 4) is 11.5 Å². The molecule has 2 aliphatic heterocycles. The lowest BCUT2D eigenvalue weighted by atomic mass is 10.0. The number of piperazine rings is 1. The molecule has 3 N–H and O–H groups in total. The molecule has 0 aromatic heterocycles. The molecule has 31 heavy (non-hydrogen) atoms. The molecule has 166 valence electrons. The van der Waals surface area contributed by atoms with Crippen LogP contribution in [-0.4, -0.2) is 72.4 Å². The molecule has 4 rings (SSSR count). The summed E-state index contributed by atoms with van der Waals surface area (Å²) in [7, 11) is 0. The van der Waals surface area contributed by atoms with Crippen LogP contribution in [0.15, 0.2) is 42.5 Å². The Bertz CT molecular complexity index is 933. The van der Waals surface area contributed by atoms with Gasteiger partial charge in [-0.15, -0.1) is 0 Å². The molecule has 0 spiro atoms. The number of aliphatic hydroxyl groups excluding tert-OH is 1. The summed E-state index contributed by atoms with van der Waals surface area (Å²) >= 11 is 6.37. The van der Waals surface area contributed by atoms with Crippen LogP contribution < -0.4 is 15.2 Å². The SMILES string of the molecule is Cc1ccc(Cl)c(C(C(N)=O)N2CCN(CC(O)C3COc4ccccc4O3)CC2)c1. The zero-order chi connectivity index (χ0) is 22.0. The highest BCUT2D eigenvalue weighted by atomic mass is 35.5. The number of nitrogens with zero attached hydrogens (tertiary/aromatic N) is 2. The Morgan fingerprint density at radius 2 is 1.90 bits per heavy atom. The number of aryl methyl sites for hydroxylation is 1. The van der Waals surface area contributed by atoms with E-state index in [-0.39, 0.29) is 0 Å². The third-order valence-electron chi connectivity index (χ3n) is 5.89. The minimum absolute atomic E-state index is 0.313. The third-order valence-corrected chi connectivity index (χ3v) is 6.24. The number of primary amides is 1. The van der Waals surface area contributed by atoms with Crippen LogP contribution in [0.3, 0.4) is 0 Å². The van der Waals surface area contributed by atoms with Gasteiger partial charge in [-0.2, -0.15) is 0 Å².